The highest BCUT2D eigenvalue weighted by Gasteiger charge is 2.43. The van der Waals surface area contributed by atoms with E-state index < -0.39 is 5.97 Å². The number of hydrogen-bond acceptors (Lipinski definition) is 3. The molecule has 1 aliphatic rings. The number of nitriles is 1. The van der Waals surface area contributed by atoms with Crippen LogP contribution in [0.5, 0.6) is 0 Å². The van der Waals surface area contributed by atoms with Gasteiger partial charge in [-0.05, 0) is 19.8 Å². The van der Waals surface area contributed by atoms with Crippen LogP contribution in [0, 0.1) is 23.7 Å². The molecule has 1 N–H and O–H groups in total. The normalized spacial score (nSPS) is 16.8. The number of imidazole rings is 1. The average Bonchev–Trinajstić information content (AvgIpc) is 2.87. The van der Waals surface area contributed by atoms with Gasteiger partial charge in [-0.15, -0.1) is 0 Å². The molecule has 1 heterocycles. The molecule has 0 spiro atoms. The summed E-state index contributed by atoms with van der Waals surface area (Å²) in [5.74, 6) is -0.269. The number of nitrogens with zero attached hydrogens (tertiary/aromatic N) is 3. The minimum absolute atomic E-state index is 0.00951. The minimum Gasteiger partial charge on any atom is -0.477 e. The van der Waals surface area contributed by atoms with Gasteiger partial charge in [0.2, 0.25) is 0 Å². The average molecular weight is 219 g/mol. The van der Waals surface area contributed by atoms with Crippen molar-refractivity contribution in [1.82, 2.24) is 9.55 Å². The first-order valence-corrected chi connectivity index (χ1v) is 5.20. The van der Waals surface area contributed by atoms with Crippen molar-refractivity contribution in [3.05, 3.63) is 17.7 Å². The molecule has 0 aromatic carbocycles. The molecule has 0 saturated heterocycles. The van der Waals surface area contributed by atoms with Crippen molar-refractivity contribution in [3.8, 4) is 6.07 Å². The zero-order chi connectivity index (χ0) is 11.8. The molecule has 2 rings (SSSR count). The summed E-state index contributed by atoms with van der Waals surface area (Å²) in [7, 11) is 0. The van der Waals surface area contributed by atoms with Crippen LogP contribution >= 0.6 is 0 Å². The summed E-state index contributed by atoms with van der Waals surface area (Å²) in [6.45, 7) is 2.38. The van der Waals surface area contributed by atoms with Gasteiger partial charge in [-0.3, -0.25) is 0 Å². The molecule has 0 radical (unpaired) electrons. The fourth-order valence-corrected chi connectivity index (χ4v) is 1.91. The maximum atomic E-state index is 11.0. The molecule has 5 nitrogen and oxygen atoms in total. The van der Waals surface area contributed by atoms with Gasteiger partial charge in [0.25, 0.3) is 0 Å². The Morgan fingerprint density at radius 3 is 2.94 bits per heavy atom. The monoisotopic (exact) mass is 219 g/mol. The van der Waals surface area contributed by atoms with Gasteiger partial charge in [0, 0.05) is 18.4 Å². The summed E-state index contributed by atoms with van der Waals surface area (Å²) in [6, 6.07) is 2.17. The zero-order valence-corrected chi connectivity index (χ0v) is 9.10. The van der Waals surface area contributed by atoms with E-state index >= 15 is 0 Å². The van der Waals surface area contributed by atoms with Gasteiger partial charge in [0.15, 0.2) is 0 Å². The predicted octanol–water partition coefficient (Wildman–Crippen LogP) is 1.58. The third-order valence-corrected chi connectivity index (χ3v) is 3.18. The van der Waals surface area contributed by atoms with Crippen LogP contribution in [0.2, 0.25) is 0 Å². The topological polar surface area (TPSA) is 78.9 Å². The standard InChI is InChI=1S/C11H13N3O2/c1-8-13-6-9(10(15)16)14(8)7-11(2-3-11)4-5-12/h6H,2-4,7H2,1H3,(H,15,16). The van der Waals surface area contributed by atoms with Gasteiger partial charge in [0.1, 0.15) is 11.5 Å². The van der Waals surface area contributed by atoms with Crippen LogP contribution in [0.1, 0.15) is 35.6 Å². The highest BCUT2D eigenvalue weighted by Crippen LogP contribution is 2.50. The van der Waals surface area contributed by atoms with E-state index in [0.29, 0.717) is 18.8 Å². The van der Waals surface area contributed by atoms with Crippen molar-refractivity contribution in [2.75, 3.05) is 0 Å². The lowest BCUT2D eigenvalue weighted by Crippen LogP contribution is -2.17. The fourth-order valence-electron chi connectivity index (χ4n) is 1.91. The Kier molecular flexibility index (Phi) is 2.43. The van der Waals surface area contributed by atoms with Crippen LogP contribution in [-0.2, 0) is 6.54 Å². The first-order valence-electron chi connectivity index (χ1n) is 5.20. The van der Waals surface area contributed by atoms with Gasteiger partial charge in [0.05, 0.1) is 12.3 Å². The summed E-state index contributed by atoms with van der Waals surface area (Å²) >= 11 is 0. The molecule has 0 aliphatic heterocycles. The summed E-state index contributed by atoms with van der Waals surface area (Å²) < 4.78 is 1.70. The minimum atomic E-state index is -0.964. The van der Waals surface area contributed by atoms with Crippen LogP contribution in [0.3, 0.4) is 0 Å². The molecule has 1 fully saturated rings. The Hall–Kier alpha value is -1.83. The quantitative estimate of drug-likeness (QED) is 0.833. The maximum absolute atomic E-state index is 11.0. The second-order valence-electron chi connectivity index (χ2n) is 4.42. The number of aromatic nitrogens is 2. The van der Waals surface area contributed by atoms with Crippen molar-refractivity contribution in [2.24, 2.45) is 5.41 Å². The third kappa shape index (κ3) is 1.78. The zero-order valence-electron chi connectivity index (χ0n) is 9.10. The molecule has 1 aromatic rings. The van der Waals surface area contributed by atoms with Gasteiger partial charge < -0.3 is 9.67 Å². The maximum Gasteiger partial charge on any atom is 0.354 e. The predicted molar refractivity (Wildman–Crippen MR) is 55.8 cm³/mol. The van der Waals surface area contributed by atoms with Crippen molar-refractivity contribution in [3.63, 3.8) is 0 Å². The molecule has 0 bridgehead atoms. The van der Waals surface area contributed by atoms with Crippen LogP contribution in [0.15, 0.2) is 6.20 Å². The number of carbonyl (C=O) groups is 1. The van der Waals surface area contributed by atoms with Gasteiger partial charge in [-0.25, -0.2) is 9.78 Å². The molecular formula is C11H13N3O2. The Morgan fingerprint density at radius 2 is 2.44 bits per heavy atom. The lowest BCUT2D eigenvalue weighted by molar-refractivity contribution is 0.0683. The lowest BCUT2D eigenvalue weighted by atomic mass is 10.0. The van der Waals surface area contributed by atoms with E-state index in [-0.39, 0.29) is 11.1 Å². The molecule has 0 unspecified atom stereocenters. The van der Waals surface area contributed by atoms with Crippen LogP contribution in [0.25, 0.3) is 0 Å². The molecule has 16 heavy (non-hydrogen) atoms. The number of carboxylic acids is 1. The van der Waals surface area contributed by atoms with E-state index in [2.05, 4.69) is 11.1 Å². The summed E-state index contributed by atoms with van der Waals surface area (Å²) in [4.78, 5) is 15.0. The van der Waals surface area contributed by atoms with Gasteiger partial charge in [-0.1, -0.05) is 0 Å². The molecular weight excluding hydrogens is 206 g/mol. The van der Waals surface area contributed by atoms with E-state index in [4.69, 9.17) is 10.4 Å². The highest BCUT2D eigenvalue weighted by atomic mass is 16.4. The summed E-state index contributed by atoms with van der Waals surface area (Å²) in [5, 5.41) is 17.7. The second-order valence-corrected chi connectivity index (χ2v) is 4.42. The number of hydrogen-bond donors (Lipinski definition) is 1. The van der Waals surface area contributed by atoms with Crippen LogP contribution in [-0.4, -0.2) is 20.6 Å². The van der Waals surface area contributed by atoms with Crippen molar-refractivity contribution >= 4 is 5.97 Å². The molecule has 1 aromatic heterocycles. The summed E-state index contributed by atoms with van der Waals surface area (Å²) in [5.41, 5.74) is 0.200. The van der Waals surface area contributed by atoms with Crippen LogP contribution < -0.4 is 0 Å². The molecule has 0 atom stereocenters. The van der Waals surface area contributed by atoms with E-state index in [1.165, 1.54) is 6.20 Å². The van der Waals surface area contributed by atoms with E-state index in [1.54, 1.807) is 11.5 Å². The van der Waals surface area contributed by atoms with E-state index in [1.807, 2.05) is 0 Å². The van der Waals surface area contributed by atoms with Gasteiger partial charge in [-0.2, -0.15) is 5.26 Å². The first-order chi connectivity index (χ1) is 7.58. The highest BCUT2D eigenvalue weighted by molar-refractivity contribution is 5.85. The fraction of sp³-hybridized carbons (Fsp3) is 0.545. The molecule has 1 aliphatic carbocycles. The molecule has 1 saturated carbocycles. The Balaban J connectivity index is 2.25. The number of aryl methyl sites for hydroxylation is 1. The Morgan fingerprint density at radius 1 is 1.75 bits per heavy atom. The number of aromatic carboxylic acids is 1. The number of carboxylic acid groups (broad SMARTS) is 1. The SMILES string of the molecule is Cc1ncc(C(=O)O)n1CC1(CC#N)CC1. The molecule has 84 valence electrons. The second kappa shape index (κ2) is 3.63. The van der Waals surface area contributed by atoms with Crippen molar-refractivity contribution in [2.45, 2.75) is 32.7 Å². The third-order valence-electron chi connectivity index (χ3n) is 3.18. The molecule has 0 amide bonds. The van der Waals surface area contributed by atoms with Crippen molar-refractivity contribution in [1.29, 1.82) is 5.26 Å². The molecule has 5 heteroatoms. The first kappa shape index (κ1) is 10.7. The largest absolute Gasteiger partial charge is 0.477 e. The smallest absolute Gasteiger partial charge is 0.354 e. The van der Waals surface area contributed by atoms with Crippen molar-refractivity contribution < 1.29 is 9.90 Å². The Bertz CT molecular complexity index is 466. The lowest BCUT2D eigenvalue weighted by Gasteiger charge is -2.14. The van der Waals surface area contributed by atoms with E-state index in [9.17, 15) is 4.79 Å². The summed E-state index contributed by atoms with van der Waals surface area (Å²) in [6.07, 6.45) is 3.86. The van der Waals surface area contributed by atoms with Gasteiger partial charge >= 0.3 is 5.97 Å². The van der Waals surface area contributed by atoms with Crippen LogP contribution in [0.4, 0.5) is 0 Å². The number of rotatable bonds is 4. The Labute approximate surface area is 93.3 Å². The van der Waals surface area contributed by atoms with E-state index in [0.717, 1.165) is 12.8 Å².